The van der Waals surface area contributed by atoms with Crippen LogP contribution in [0.25, 0.3) is 0 Å². The maximum absolute atomic E-state index is 11.2. The molecule has 0 fully saturated rings. The van der Waals surface area contributed by atoms with Gasteiger partial charge in [0.25, 0.3) is 0 Å². The van der Waals surface area contributed by atoms with E-state index in [2.05, 4.69) is 0 Å². The molecule has 0 saturated carbocycles. The maximum atomic E-state index is 11.2. The van der Waals surface area contributed by atoms with Crippen molar-refractivity contribution >= 4 is 12.1 Å². The highest BCUT2D eigenvalue weighted by molar-refractivity contribution is 6.02. The van der Waals surface area contributed by atoms with Gasteiger partial charge in [0.15, 0.2) is 5.78 Å². The highest BCUT2D eigenvalue weighted by atomic mass is 16.1. The molecule has 0 heterocycles. The van der Waals surface area contributed by atoms with Gasteiger partial charge in [0.2, 0.25) is 6.29 Å². The summed E-state index contributed by atoms with van der Waals surface area (Å²) in [5.74, 6) is -0.168. The molecule has 2 nitrogen and oxygen atoms in total. The number of benzene rings is 1. The second-order valence-electron chi connectivity index (χ2n) is 3.04. The van der Waals surface area contributed by atoms with E-state index in [0.29, 0.717) is 5.56 Å². The Hall–Kier alpha value is -1.44. The van der Waals surface area contributed by atoms with E-state index in [1.54, 1.807) is 18.4 Å². The summed E-state index contributed by atoms with van der Waals surface area (Å²) in [5, 5.41) is 0. The van der Waals surface area contributed by atoms with Crippen LogP contribution >= 0.6 is 0 Å². The first-order valence-electron chi connectivity index (χ1n) is 4.10. The summed E-state index contributed by atoms with van der Waals surface area (Å²) in [5.41, 5.74) is 2.80. The summed E-state index contributed by atoms with van der Waals surface area (Å²) in [4.78, 5) is 21.2. The van der Waals surface area contributed by atoms with Crippen LogP contribution in [0.15, 0.2) is 18.2 Å². The lowest BCUT2D eigenvalue weighted by Crippen LogP contribution is -2.00. The number of Topliss-reactive ketones (excluding diaryl/α,β-unsaturated/α-hetero) is 1. The molecule has 0 unspecified atom stereocenters. The molecular formula is C11H11O2. The first-order valence-corrected chi connectivity index (χ1v) is 4.10. The molecule has 0 atom stereocenters. The van der Waals surface area contributed by atoms with Crippen LogP contribution in [-0.4, -0.2) is 12.1 Å². The first-order chi connectivity index (χ1) is 6.15. The van der Waals surface area contributed by atoms with Crippen molar-refractivity contribution in [3.05, 3.63) is 34.9 Å². The third-order valence-electron chi connectivity index (χ3n) is 2.06. The Balaban J connectivity index is 2.96. The molecule has 0 amide bonds. The van der Waals surface area contributed by atoms with Crippen LogP contribution in [-0.2, 0) is 4.79 Å². The van der Waals surface area contributed by atoms with Crippen molar-refractivity contribution in [1.82, 2.24) is 0 Å². The molecular weight excluding hydrogens is 164 g/mol. The Morgan fingerprint density at radius 3 is 2.54 bits per heavy atom. The SMILES string of the molecule is Cc1ccc(C(=O)C[C]=O)cc1C. The van der Waals surface area contributed by atoms with E-state index in [0.717, 1.165) is 11.1 Å². The summed E-state index contributed by atoms with van der Waals surface area (Å²) < 4.78 is 0. The Morgan fingerprint density at radius 2 is 2.00 bits per heavy atom. The molecule has 1 radical (unpaired) electrons. The zero-order chi connectivity index (χ0) is 9.84. The Kier molecular flexibility index (Phi) is 2.96. The van der Waals surface area contributed by atoms with Gasteiger partial charge >= 0.3 is 0 Å². The smallest absolute Gasteiger partial charge is 0.206 e. The fourth-order valence-electron chi connectivity index (χ4n) is 1.08. The van der Waals surface area contributed by atoms with Gasteiger partial charge in [-0.15, -0.1) is 0 Å². The van der Waals surface area contributed by atoms with Crippen molar-refractivity contribution < 1.29 is 9.59 Å². The highest BCUT2D eigenvalue weighted by Gasteiger charge is 2.05. The Bertz CT molecular complexity index is 340. The Morgan fingerprint density at radius 1 is 1.31 bits per heavy atom. The zero-order valence-electron chi connectivity index (χ0n) is 7.76. The van der Waals surface area contributed by atoms with E-state index in [-0.39, 0.29) is 12.2 Å². The minimum atomic E-state index is -0.168. The third kappa shape index (κ3) is 2.25. The van der Waals surface area contributed by atoms with E-state index in [1.165, 1.54) is 0 Å². The van der Waals surface area contributed by atoms with Crippen molar-refractivity contribution in [1.29, 1.82) is 0 Å². The van der Waals surface area contributed by atoms with E-state index in [4.69, 9.17) is 0 Å². The van der Waals surface area contributed by atoms with Crippen LogP contribution in [0.3, 0.4) is 0 Å². The lowest BCUT2D eigenvalue weighted by molar-refractivity contribution is 0.1000. The quantitative estimate of drug-likeness (QED) is 0.520. The van der Waals surface area contributed by atoms with E-state index in [9.17, 15) is 9.59 Å². The summed E-state index contributed by atoms with van der Waals surface area (Å²) in [6, 6.07) is 5.42. The number of rotatable bonds is 3. The van der Waals surface area contributed by atoms with Gasteiger partial charge < -0.3 is 0 Å². The van der Waals surface area contributed by atoms with Crippen LogP contribution < -0.4 is 0 Å². The highest BCUT2D eigenvalue weighted by Crippen LogP contribution is 2.10. The molecule has 0 bridgehead atoms. The molecule has 1 rings (SSSR count). The van der Waals surface area contributed by atoms with E-state index < -0.39 is 0 Å². The topological polar surface area (TPSA) is 34.1 Å². The van der Waals surface area contributed by atoms with Crippen molar-refractivity contribution in [3.8, 4) is 0 Å². The summed E-state index contributed by atoms with van der Waals surface area (Å²) in [7, 11) is 0. The summed E-state index contributed by atoms with van der Waals surface area (Å²) in [6.07, 6.45) is 1.45. The predicted octanol–water partition coefficient (Wildman–Crippen LogP) is 1.99. The Labute approximate surface area is 77.6 Å². The fraction of sp³-hybridized carbons (Fsp3) is 0.273. The summed E-state index contributed by atoms with van der Waals surface area (Å²) in [6.45, 7) is 3.92. The molecule has 0 aliphatic carbocycles. The largest absolute Gasteiger partial charge is 0.294 e. The number of ketones is 1. The van der Waals surface area contributed by atoms with Gasteiger partial charge in [-0.05, 0) is 31.0 Å². The van der Waals surface area contributed by atoms with Crippen molar-refractivity contribution in [2.24, 2.45) is 0 Å². The van der Waals surface area contributed by atoms with Gasteiger partial charge in [-0.2, -0.15) is 0 Å². The van der Waals surface area contributed by atoms with Gasteiger partial charge in [-0.25, -0.2) is 0 Å². The van der Waals surface area contributed by atoms with Crippen molar-refractivity contribution in [2.45, 2.75) is 20.3 Å². The predicted molar refractivity (Wildman–Crippen MR) is 50.6 cm³/mol. The standard InChI is InChI=1S/C11H11O2/c1-8-3-4-10(7-9(8)2)11(13)5-6-12/h3-4,7H,5H2,1-2H3. The van der Waals surface area contributed by atoms with Crippen molar-refractivity contribution in [3.63, 3.8) is 0 Å². The molecule has 2 heteroatoms. The normalized spacial score (nSPS) is 9.69. The molecule has 0 aromatic heterocycles. The third-order valence-corrected chi connectivity index (χ3v) is 2.06. The van der Waals surface area contributed by atoms with E-state index in [1.807, 2.05) is 19.9 Å². The molecule has 1 aromatic carbocycles. The van der Waals surface area contributed by atoms with Crippen molar-refractivity contribution in [2.75, 3.05) is 0 Å². The lowest BCUT2D eigenvalue weighted by Gasteiger charge is -2.01. The van der Waals surface area contributed by atoms with Gasteiger partial charge in [-0.1, -0.05) is 12.1 Å². The average molecular weight is 175 g/mol. The minimum Gasteiger partial charge on any atom is -0.294 e. The monoisotopic (exact) mass is 175 g/mol. The van der Waals surface area contributed by atoms with Crippen LogP contribution in [0, 0.1) is 13.8 Å². The van der Waals surface area contributed by atoms with Gasteiger partial charge in [0, 0.05) is 5.56 Å². The fourth-order valence-corrected chi connectivity index (χ4v) is 1.08. The number of hydrogen-bond acceptors (Lipinski definition) is 2. The maximum Gasteiger partial charge on any atom is 0.206 e. The minimum absolute atomic E-state index is 0.150. The average Bonchev–Trinajstić information content (AvgIpc) is 2.10. The second kappa shape index (κ2) is 3.99. The van der Waals surface area contributed by atoms with E-state index >= 15 is 0 Å². The van der Waals surface area contributed by atoms with Crippen LogP contribution in [0.1, 0.15) is 27.9 Å². The molecule has 0 saturated heterocycles. The van der Waals surface area contributed by atoms with Gasteiger partial charge in [0.05, 0.1) is 6.42 Å². The summed E-state index contributed by atoms with van der Waals surface area (Å²) >= 11 is 0. The zero-order valence-corrected chi connectivity index (χ0v) is 7.76. The van der Waals surface area contributed by atoms with Crippen LogP contribution in [0.5, 0.6) is 0 Å². The number of carbonyl (C=O) groups excluding carboxylic acids is 2. The molecule has 0 N–H and O–H groups in total. The first kappa shape index (κ1) is 9.65. The lowest BCUT2D eigenvalue weighted by atomic mass is 10.0. The second-order valence-corrected chi connectivity index (χ2v) is 3.04. The number of carbonyl (C=O) groups is 1. The molecule has 1 aromatic rings. The number of hydrogen-bond donors (Lipinski definition) is 0. The van der Waals surface area contributed by atoms with Gasteiger partial charge in [0.1, 0.15) is 0 Å². The molecule has 0 aliphatic rings. The van der Waals surface area contributed by atoms with Crippen LogP contribution in [0.2, 0.25) is 0 Å². The molecule has 0 spiro atoms. The molecule has 13 heavy (non-hydrogen) atoms. The van der Waals surface area contributed by atoms with Crippen LogP contribution in [0.4, 0.5) is 0 Å². The molecule has 67 valence electrons. The molecule has 0 aliphatic heterocycles. The number of aryl methyl sites for hydroxylation is 2. The van der Waals surface area contributed by atoms with Gasteiger partial charge in [-0.3, -0.25) is 9.59 Å².